The number of carbonyl (C=O) groups is 1. The van der Waals surface area contributed by atoms with Gasteiger partial charge in [-0.2, -0.15) is 5.10 Å². The lowest BCUT2D eigenvalue weighted by Crippen LogP contribution is -2.45. The van der Waals surface area contributed by atoms with Gasteiger partial charge in [0.05, 0.1) is 11.6 Å². The van der Waals surface area contributed by atoms with Crippen LogP contribution in [0.15, 0.2) is 0 Å². The highest BCUT2D eigenvalue weighted by Gasteiger charge is 2.38. The van der Waals surface area contributed by atoms with Crippen LogP contribution < -0.4 is 0 Å². The van der Waals surface area contributed by atoms with Crippen molar-refractivity contribution in [2.75, 3.05) is 20.1 Å². The lowest BCUT2D eigenvalue weighted by atomic mass is 9.95. The Balaban J connectivity index is 1.79. The van der Waals surface area contributed by atoms with Crippen LogP contribution in [0.5, 0.6) is 0 Å². The molecule has 3 aliphatic rings. The molecule has 1 aromatic rings. The van der Waals surface area contributed by atoms with E-state index < -0.39 is 0 Å². The molecule has 1 aromatic heterocycles. The molecule has 0 unspecified atom stereocenters. The fourth-order valence-corrected chi connectivity index (χ4v) is 3.41. The Bertz CT molecular complexity index is 476. The third-order valence-corrected chi connectivity index (χ3v) is 4.70. The van der Waals surface area contributed by atoms with E-state index in [0.717, 1.165) is 43.9 Å². The van der Waals surface area contributed by atoms with Crippen molar-refractivity contribution in [3.05, 3.63) is 17.0 Å². The molecule has 2 bridgehead atoms. The van der Waals surface area contributed by atoms with E-state index in [1.54, 1.807) is 0 Å². The zero-order valence-corrected chi connectivity index (χ0v) is 11.9. The number of aryl methyl sites for hydroxylation is 2. The maximum absolute atomic E-state index is 12.2. The first-order chi connectivity index (χ1) is 9.06. The van der Waals surface area contributed by atoms with Gasteiger partial charge in [0, 0.05) is 44.0 Å². The van der Waals surface area contributed by atoms with Gasteiger partial charge in [0.25, 0.3) is 0 Å². The predicted molar refractivity (Wildman–Crippen MR) is 72.6 cm³/mol. The molecule has 2 atom stereocenters. The number of hydrogen-bond acceptors (Lipinski definition) is 3. The van der Waals surface area contributed by atoms with Crippen molar-refractivity contribution in [1.29, 1.82) is 0 Å². The monoisotopic (exact) mass is 262 g/mol. The zero-order chi connectivity index (χ0) is 13.6. The van der Waals surface area contributed by atoms with Crippen LogP contribution in [0, 0.1) is 19.8 Å². The van der Waals surface area contributed by atoms with Crippen molar-refractivity contribution in [2.45, 2.75) is 39.3 Å². The van der Waals surface area contributed by atoms with Crippen LogP contribution >= 0.6 is 0 Å². The molecule has 5 nitrogen and oxygen atoms in total. The molecule has 3 aliphatic heterocycles. The highest BCUT2D eigenvalue weighted by Crippen LogP contribution is 2.29. The van der Waals surface area contributed by atoms with Crippen LogP contribution in [0.2, 0.25) is 0 Å². The Labute approximate surface area is 114 Å². The molecule has 0 aliphatic carbocycles. The zero-order valence-electron chi connectivity index (χ0n) is 11.9. The van der Waals surface area contributed by atoms with Crippen molar-refractivity contribution < 1.29 is 4.79 Å². The predicted octanol–water partition coefficient (Wildman–Crippen LogP) is 1.08. The van der Waals surface area contributed by atoms with E-state index in [2.05, 4.69) is 22.0 Å². The van der Waals surface area contributed by atoms with Crippen molar-refractivity contribution in [1.82, 2.24) is 20.0 Å². The number of nitrogens with one attached hydrogen (secondary N) is 1. The number of amides is 1. The fourth-order valence-electron chi connectivity index (χ4n) is 3.41. The summed E-state index contributed by atoms with van der Waals surface area (Å²) in [5, 5.41) is 7.30. The summed E-state index contributed by atoms with van der Waals surface area (Å²) in [6, 6.07) is 0.388. The van der Waals surface area contributed by atoms with Gasteiger partial charge in [-0.05, 0) is 26.7 Å². The van der Waals surface area contributed by atoms with Gasteiger partial charge in [-0.3, -0.25) is 14.8 Å². The summed E-state index contributed by atoms with van der Waals surface area (Å²) in [5.41, 5.74) is 3.51. The van der Waals surface area contributed by atoms with Gasteiger partial charge in [-0.1, -0.05) is 0 Å². The van der Waals surface area contributed by atoms with E-state index in [9.17, 15) is 4.79 Å². The quantitative estimate of drug-likeness (QED) is 0.867. The molecule has 3 saturated heterocycles. The highest BCUT2D eigenvalue weighted by atomic mass is 16.2. The standard InChI is InChI=1S/C14H22N4O/c1-9-13(10(2)16-15-9)8-18-6-11-4-5-12(7-18)17(3)14(11)19/h11-12H,4-8H2,1-3H3,(H,15,16)/t11-,12+/m1/s1. The van der Waals surface area contributed by atoms with Gasteiger partial charge in [-0.15, -0.1) is 0 Å². The molecule has 0 spiro atoms. The second-order valence-corrected chi connectivity index (χ2v) is 5.98. The number of piperidine rings is 1. The molecule has 0 radical (unpaired) electrons. The van der Waals surface area contributed by atoms with E-state index in [0.29, 0.717) is 11.9 Å². The summed E-state index contributed by atoms with van der Waals surface area (Å²) < 4.78 is 0. The number of H-pyrrole nitrogens is 1. The van der Waals surface area contributed by atoms with E-state index in [1.165, 1.54) is 5.56 Å². The first-order valence-corrected chi connectivity index (χ1v) is 7.05. The smallest absolute Gasteiger partial charge is 0.227 e. The average Bonchev–Trinajstić information content (AvgIpc) is 2.58. The lowest BCUT2D eigenvalue weighted by Gasteiger charge is -2.32. The maximum atomic E-state index is 12.2. The Morgan fingerprint density at radius 3 is 2.79 bits per heavy atom. The van der Waals surface area contributed by atoms with Gasteiger partial charge in [0.2, 0.25) is 5.91 Å². The van der Waals surface area contributed by atoms with Crippen LogP contribution in [0.3, 0.4) is 0 Å². The van der Waals surface area contributed by atoms with Crippen LogP contribution in [0.1, 0.15) is 29.8 Å². The molecule has 1 N–H and O–H groups in total. The summed E-state index contributed by atoms with van der Waals surface area (Å²) in [6.07, 6.45) is 2.19. The molecule has 3 fully saturated rings. The number of hydrogen-bond donors (Lipinski definition) is 1. The molecule has 4 rings (SSSR count). The van der Waals surface area contributed by atoms with Crippen LogP contribution in [-0.2, 0) is 11.3 Å². The van der Waals surface area contributed by atoms with E-state index in [4.69, 9.17) is 0 Å². The Morgan fingerprint density at radius 1 is 1.32 bits per heavy atom. The average molecular weight is 262 g/mol. The first kappa shape index (κ1) is 12.7. The normalized spacial score (nSPS) is 27.9. The Kier molecular flexibility index (Phi) is 3.09. The minimum atomic E-state index is 0.191. The summed E-state index contributed by atoms with van der Waals surface area (Å²) in [5.74, 6) is 0.524. The SMILES string of the molecule is Cc1n[nH]c(C)c1CN1C[C@H]2CC[C@@H](C1)N(C)C2=O. The highest BCUT2D eigenvalue weighted by molar-refractivity contribution is 5.80. The van der Waals surface area contributed by atoms with Crippen LogP contribution in [0.25, 0.3) is 0 Å². The molecule has 0 aromatic carbocycles. The minimum Gasteiger partial charge on any atom is -0.341 e. The summed E-state index contributed by atoms with van der Waals surface area (Å²) in [4.78, 5) is 16.6. The van der Waals surface area contributed by atoms with Crippen molar-refractivity contribution in [2.24, 2.45) is 5.92 Å². The molecule has 104 valence electrons. The Morgan fingerprint density at radius 2 is 2.11 bits per heavy atom. The summed E-state index contributed by atoms with van der Waals surface area (Å²) in [6.45, 7) is 6.90. The van der Waals surface area contributed by atoms with Gasteiger partial charge in [-0.25, -0.2) is 0 Å². The van der Waals surface area contributed by atoms with Gasteiger partial charge in [0.1, 0.15) is 0 Å². The van der Waals surface area contributed by atoms with Crippen molar-refractivity contribution in [3.8, 4) is 0 Å². The number of aromatic amines is 1. The number of fused-ring (bicyclic) bond motifs is 4. The minimum absolute atomic E-state index is 0.191. The molecular weight excluding hydrogens is 240 g/mol. The summed E-state index contributed by atoms with van der Waals surface area (Å²) in [7, 11) is 1.96. The van der Waals surface area contributed by atoms with E-state index >= 15 is 0 Å². The third-order valence-electron chi connectivity index (χ3n) is 4.70. The molecule has 1 amide bonds. The second-order valence-electron chi connectivity index (χ2n) is 5.98. The Hall–Kier alpha value is -1.36. The topological polar surface area (TPSA) is 52.2 Å². The number of nitrogens with zero attached hydrogens (tertiary/aromatic N) is 3. The summed E-state index contributed by atoms with van der Waals surface area (Å²) >= 11 is 0. The first-order valence-electron chi connectivity index (χ1n) is 7.05. The van der Waals surface area contributed by atoms with E-state index in [-0.39, 0.29) is 5.92 Å². The van der Waals surface area contributed by atoms with Gasteiger partial charge in [0.15, 0.2) is 0 Å². The third kappa shape index (κ3) is 2.16. The molecule has 19 heavy (non-hydrogen) atoms. The fraction of sp³-hybridized carbons (Fsp3) is 0.714. The molecule has 0 saturated carbocycles. The van der Waals surface area contributed by atoms with E-state index in [1.807, 2.05) is 18.9 Å². The molecule has 5 heteroatoms. The second kappa shape index (κ2) is 4.63. The van der Waals surface area contributed by atoms with Crippen LogP contribution in [-0.4, -0.2) is 52.1 Å². The lowest BCUT2D eigenvalue weighted by molar-refractivity contribution is -0.138. The molecule has 4 heterocycles. The number of rotatable bonds is 2. The van der Waals surface area contributed by atoms with Gasteiger partial charge >= 0.3 is 0 Å². The number of aromatic nitrogens is 2. The van der Waals surface area contributed by atoms with Crippen LogP contribution in [0.4, 0.5) is 0 Å². The molecular formula is C14H22N4O. The van der Waals surface area contributed by atoms with Crippen molar-refractivity contribution >= 4 is 5.91 Å². The largest absolute Gasteiger partial charge is 0.341 e. The van der Waals surface area contributed by atoms with Gasteiger partial charge < -0.3 is 4.90 Å². The van der Waals surface area contributed by atoms with Crippen molar-refractivity contribution in [3.63, 3.8) is 0 Å². The number of likely N-dealkylation sites (N-methyl/N-ethyl adjacent to an activating group) is 1. The maximum Gasteiger partial charge on any atom is 0.227 e. The number of carbonyl (C=O) groups excluding carboxylic acids is 1.